The van der Waals surface area contributed by atoms with Crippen LogP contribution in [0.4, 0.5) is 5.82 Å². The summed E-state index contributed by atoms with van der Waals surface area (Å²) < 4.78 is 5.23. The van der Waals surface area contributed by atoms with Crippen LogP contribution in [0.15, 0.2) is 24.3 Å². The van der Waals surface area contributed by atoms with Gasteiger partial charge in [-0.1, -0.05) is 12.2 Å². The van der Waals surface area contributed by atoms with Crippen LogP contribution in [-0.4, -0.2) is 22.3 Å². The maximum absolute atomic E-state index is 10.7. The van der Waals surface area contributed by atoms with Gasteiger partial charge in [-0.15, -0.1) is 0 Å². The van der Waals surface area contributed by atoms with Crippen LogP contribution in [0.5, 0.6) is 5.75 Å². The number of thiol groups is 1. The van der Waals surface area contributed by atoms with Crippen molar-refractivity contribution in [3.8, 4) is 5.75 Å². The van der Waals surface area contributed by atoms with Crippen molar-refractivity contribution in [2.24, 2.45) is 0 Å². The highest BCUT2D eigenvalue weighted by Crippen LogP contribution is 2.24. The molecule has 0 aromatic carbocycles. The molecule has 0 aliphatic heterocycles. The third-order valence-electron chi connectivity index (χ3n) is 1.76. The Hall–Kier alpha value is -1.56. The Morgan fingerprint density at radius 1 is 1.56 bits per heavy atom. The highest BCUT2D eigenvalue weighted by molar-refractivity contribution is 7.80. The molecule has 0 aliphatic carbocycles. The number of aryl methyl sites for hydroxylation is 1. The van der Waals surface area contributed by atoms with E-state index in [-0.39, 0.29) is 18.2 Å². The number of hydrogen-bond acceptors (Lipinski definition) is 5. The number of ether oxygens (including phenoxy) is 1. The van der Waals surface area contributed by atoms with E-state index in [1.165, 1.54) is 0 Å². The van der Waals surface area contributed by atoms with Crippen molar-refractivity contribution in [2.45, 2.75) is 6.92 Å². The molecule has 1 aromatic heterocycles. The van der Waals surface area contributed by atoms with E-state index in [0.717, 1.165) is 0 Å². The zero-order valence-electron chi connectivity index (χ0n) is 8.79. The van der Waals surface area contributed by atoms with E-state index >= 15 is 0 Å². The standard InChI is InChI=1S/C10H12N2O3S/c1-8-4-5-9(10(11-8)12(13)14)15-6-2-3-7-16/h2-5,16H,6-7H2,1H3. The fourth-order valence-corrected chi connectivity index (χ4v) is 1.20. The molecule has 0 N–H and O–H groups in total. The number of nitrogens with zero attached hydrogens (tertiary/aromatic N) is 2. The average Bonchev–Trinajstić information content (AvgIpc) is 2.26. The summed E-state index contributed by atoms with van der Waals surface area (Å²) in [4.78, 5) is 14.0. The Labute approximate surface area is 98.7 Å². The molecule has 5 nitrogen and oxygen atoms in total. The first-order chi connectivity index (χ1) is 7.65. The molecular weight excluding hydrogens is 228 g/mol. The molecule has 86 valence electrons. The molecule has 16 heavy (non-hydrogen) atoms. The SMILES string of the molecule is Cc1ccc(OCC=CCS)c([N+](=O)[O-])n1. The molecule has 0 amide bonds. The predicted molar refractivity (Wildman–Crippen MR) is 64.1 cm³/mol. The van der Waals surface area contributed by atoms with E-state index in [0.29, 0.717) is 11.4 Å². The lowest BCUT2D eigenvalue weighted by Gasteiger charge is -2.03. The molecule has 1 rings (SSSR count). The molecule has 0 saturated heterocycles. The minimum atomic E-state index is -0.551. The molecule has 1 heterocycles. The van der Waals surface area contributed by atoms with Crippen molar-refractivity contribution in [1.82, 2.24) is 4.98 Å². The molecule has 0 radical (unpaired) electrons. The molecule has 1 aromatic rings. The number of nitro groups is 1. The molecule has 0 unspecified atom stereocenters. The lowest BCUT2D eigenvalue weighted by atomic mass is 10.3. The Morgan fingerprint density at radius 3 is 2.94 bits per heavy atom. The molecular formula is C10H12N2O3S. The van der Waals surface area contributed by atoms with E-state index in [1.54, 1.807) is 31.2 Å². The van der Waals surface area contributed by atoms with Gasteiger partial charge in [0.2, 0.25) is 5.75 Å². The quantitative estimate of drug-likeness (QED) is 0.371. The smallest absolute Gasteiger partial charge is 0.406 e. The summed E-state index contributed by atoms with van der Waals surface area (Å²) in [5, 5.41) is 10.7. The first-order valence-corrected chi connectivity index (χ1v) is 5.29. The Bertz CT molecular complexity index is 407. The second kappa shape index (κ2) is 6.12. The van der Waals surface area contributed by atoms with E-state index in [1.807, 2.05) is 0 Å². The van der Waals surface area contributed by atoms with Crippen LogP contribution in [0, 0.1) is 17.0 Å². The summed E-state index contributed by atoms with van der Waals surface area (Å²) in [6.07, 6.45) is 3.55. The van der Waals surface area contributed by atoms with Crippen molar-refractivity contribution in [3.05, 3.63) is 40.1 Å². The van der Waals surface area contributed by atoms with Gasteiger partial charge in [0.15, 0.2) is 0 Å². The second-order valence-corrected chi connectivity index (χ2v) is 3.36. The van der Waals surface area contributed by atoms with Crippen LogP contribution >= 0.6 is 12.6 Å². The van der Waals surface area contributed by atoms with Crippen LogP contribution in [0.2, 0.25) is 0 Å². The topological polar surface area (TPSA) is 65.3 Å². The van der Waals surface area contributed by atoms with Crippen LogP contribution < -0.4 is 4.74 Å². The predicted octanol–water partition coefficient (Wildman–Crippen LogP) is 2.16. The van der Waals surface area contributed by atoms with Gasteiger partial charge in [-0.05, 0) is 22.0 Å². The van der Waals surface area contributed by atoms with Gasteiger partial charge in [0.05, 0.1) is 0 Å². The van der Waals surface area contributed by atoms with Crippen molar-refractivity contribution >= 4 is 18.4 Å². The van der Waals surface area contributed by atoms with E-state index < -0.39 is 4.92 Å². The molecule has 0 atom stereocenters. The monoisotopic (exact) mass is 240 g/mol. The van der Waals surface area contributed by atoms with Crippen molar-refractivity contribution in [2.75, 3.05) is 12.4 Å². The number of hydrogen-bond donors (Lipinski definition) is 1. The Balaban J connectivity index is 2.78. The molecule has 0 fully saturated rings. The van der Waals surface area contributed by atoms with E-state index in [4.69, 9.17) is 4.74 Å². The Morgan fingerprint density at radius 2 is 2.31 bits per heavy atom. The minimum Gasteiger partial charge on any atom is -0.481 e. The van der Waals surface area contributed by atoms with E-state index in [9.17, 15) is 10.1 Å². The summed E-state index contributed by atoms with van der Waals surface area (Å²) in [5.41, 5.74) is 0.588. The summed E-state index contributed by atoms with van der Waals surface area (Å²) in [7, 11) is 0. The number of pyridine rings is 1. The van der Waals surface area contributed by atoms with Gasteiger partial charge >= 0.3 is 5.82 Å². The first kappa shape index (κ1) is 12.5. The summed E-state index contributed by atoms with van der Waals surface area (Å²) in [6, 6.07) is 3.22. The second-order valence-electron chi connectivity index (χ2n) is 3.00. The maximum atomic E-state index is 10.7. The highest BCUT2D eigenvalue weighted by atomic mass is 32.1. The number of rotatable bonds is 5. The average molecular weight is 240 g/mol. The van der Waals surface area contributed by atoms with Gasteiger partial charge in [0, 0.05) is 12.7 Å². The zero-order chi connectivity index (χ0) is 12.0. The first-order valence-electron chi connectivity index (χ1n) is 4.66. The minimum absolute atomic E-state index is 0.180. The molecule has 6 heteroatoms. The molecule has 0 saturated carbocycles. The summed E-state index contributed by atoms with van der Waals surface area (Å²) in [6.45, 7) is 1.96. The van der Waals surface area contributed by atoms with Crippen LogP contribution in [0.25, 0.3) is 0 Å². The largest absolute Gasteiger partial charge is 0.481 e. The molecule has 0 bridgehead atoms. The van der Waals surface area contributed by atoms with Gasteiger partial charge in [-0.3, -0.25) is 0 Å². The van der Waals surface area contributed by atoms with Crippen LogP contribution in [0.3, 0.4) is 0 Å². The van der Waals surface area contributed by atoms with Gasteiger partial charge in [-0.25, -0.2) is 0 Å². The fraction of sp³-hybridized carbons (Fsp3) is 0.300. The van der Waals surface area contributed by atoms with Crippen LogP contribution in [-0.2, 0) is 0 Å². The van der Waals surface area contributed by atoms with Gasteiger partial charge in [0.1, 0.15) is 12.3 Å². The Kier molecular flexibility index (Phi) is 4.78. The van der Waals surface area contributed by atoms with Gasteiger partial charge in [0.25, 0.3) is 0 Å². The normalized spacial score (nSPS) is 10.6. The van der Waals surface area contributed by atoms with Crippen molar-refractivity contribution in [1.29, 1.82) is 0 Å². The third-order valence-corrected chi connectivity index (χ3v) is 1.97. The third kappa shape index (κ3) is 3.54. The van der Waals surface area contributed by atoms with Gasteiger partial charge in [-0.2, -0.15) is 12.6 Å². The van der Waals surface area contributed by atoms with Crippen molar-refractivity contribution < 1.29 is 9.66 Å². The fourth-order valence-electron chi connectivity index (χ4n) is 1.05. The lowest BCUT2D eigenvalue weighted by molar-refractivity contribution is -0.390. The zero-order valence-corrected chi connectivity index (χ0v) is 9.68. The summed E-state index contributed by atoms with van der Waals surface area (Å²) >= 11 is 3.98. The molecule has 0 spiro atoms. The van der Waals surface area contributed by atoms with Crippen molar-refractivity contribution in [3.63, 3.8) is 0 Å². The number of aromatic nitrogens is 1. The van der Waals surface area contributed by atoms with E-state index in [2.05, 4.69) is 17.6 Å². The maximum Gasteiger partial charge on any atom is 0.406 e. The molecule has 0 aliphatic rings. The van der Waals surface area contributed by atoms with Crippen LogP contribution in [0.1, 0.15) is 5.69 Å². The lowest BCUT2D eigenvalue weighted by Crippen LogP contribution is -2.01. The van der Waals surface area contributed by atoms with Gasteiger partial charge < -0.3 is 14.9 Å². The summed E-state index contributed by atoms with van der Waals surface area (Å²) in [5.74, 6) is 0.538. The highest BCUT2D eigenvalue weighted by Gasteiger charge is 2.16.